The number of carbonyl (C=O) groups excluding carboxylic acids is 1. The van der Waals surface area contributed by atoms with Crippen LogP contribution < -0.4 is 10.6 Å². The lowest BCUT2D eigenvalue weighted by Gasteiger charge is -2.27. The quantitative estimate of drug-likeness (QED) is 0.730. The molecule has 1 aromatic carbocycles. The molecular weight excluding hydrogens is 300 g/mol. The van der Waals surface area contributed by atoms with Gasteiger partial charge in [0.15, 0.2) is 0 Å². The number of nitrogens with one attached hydrogen (secondary N) is 2. The summed E-state index contributed by atoms with van der Waals surface area (Å²) in [5.74, 6) is 0.141. The summed E-state index contributed by atoms with van der Waals surface area (Å²) in [7, 11) is 0. The SMILES string of the molecule is C[C@H]1C[C@@H](C(=O)Nc2cc(C(C)(C)C)ccc2O)CCN1.Cl. The number of amides is 1. The summed E-state index contributed by atoms with van der Waals surface area (Å²) >= 11 is 0. The average molecular weight is 327 g/mol. The van der Waals surface area contributed by atoms with Crippen molar-refractivity contribution < 1.29 is 9.90 Å². The molecule has 1 amide bonds. The highest BCUT2D eigenvalue weighted by Crippen LogP contribution is 2.31. The van der Waals surface area contributed by atoms with Gasteiger partial charge in [0.1, 0.15) is 5.75 Å². The fourth-order valence-corrected chi connectivity index (χ4v) is 2.71. The molecule has 1 heterocycles. The van der Waals surface area contributed by atoms with Crippen molar-refractivity contribution in [3.8, 4) is 5.75 Å². The Labute approximate surface area is 139 Å². The topological polar surface area (TPSA) is 61.4 Å². The Bertz CT molecular complexity index is 526. The van der Waals surface area contributed by atoms with Gasteiger partial charge in [-0.25, -0.2) is 0 Å². The Morgan fingerprint density at radius 1 is 1.36 bits per heavy atom. The number of rotatable bonds is 2. The van der Waals surface area contributed by atoms with Gasteiger partial charge in [-0.05, 0) is 49.4 Å². The second-order valence-corrected chi connectivity index (χ2v) is 7.05. The van der Waals surface area contributed by atoms with E-state index in [0.717, 1.165) is 24.9 Å². The molecule has 2 rings (SSSR count). The van der Waals surface area contributed by atoms with Crippen molar-refractivity contribution in [1.29, 1.82) is 0 Å². The zero-order valence-corrected chi connectivity index (χ0v) is 14.6. The molecule has 1 aliphatic rings. The van der Waals surface area contributed by atoms with Crippen molar-refractivity contribution in [3.63, 3.8) is 0 Å². The largest absolute Gasteiger partial charge is 0.506 e. The van der Waals surface area contributed by atoms with E-state index in [4.69, 9.17) is 0 Å². The van der Waals surface area contributed by atoms with Crippen molar-refractivity contribution in [2.45, 2.75) is 52.0 Å². The van der Waals surface area contributed by atoms with Crippen LogP contribution in [0, 0.1) is 5.92 Å². The molecule has 124 valence electrons. The molecule has 0 saturated carbocycles. The number of phenols is 1. The molecule has 1 fully saturated rings. The second-order valence-electron chi connectivity index (χ2n) is 7.05. The zero-order valence-electron chi connectivity index (χ0n) is 13.8. The highest BCUT2D eigenvalue weighted by atomic mass is 35.5. The van der Waals surface area contributed by atoms with Gasteiger partial charge in [0.2, 0.25) is 5.91 Å². The van der Waals surface area contributed by atoms with E-state index in [1.807, 2.05) is 12.1 Å². The molecule has 0 aromatic heterocycles. The van der Waals surface area contributed by atoms with Gasteiger partial charge in [0.05, 0.1) is 5.69 Å². The number of piperidine rings is 1. The van der Waals surface area contributed by atoms with E-state index in [0.29, 0.717) is 11.7 Å². The van der Waals surface area contributed by atoms with Gasteiger partial charge in [-0.1, -0.05) is 26.8 Å². The normalized spacial score (nSPS) is 21.8. The third kappa shape index (κ3) is 4.62. The average Bonchev–Trinajstić information content (AvgIpc) is 2.40. The van der Waals surface area contributed by atoms with Gasteiger partial charge >= 0.3 is 0 Å². The summed E-state index contributed by atoms with van der Waals surface area (Å²) in [5, 5.41) is 16.2. The Kier molecular flexibility index (Phi) is 6.27. The Balaban J connectivity index is 0.00000242. The van der Waals surface area contributed by atoms with Crippen molar-refractivity contribution in [2.24, 2.45) is 5.92 Å². The van der Waals surface area contributed by atoms with Crippen LogP contribution in [-0.4, -0.2) is 23.6 Å². The number of phenolic OH excluding ortho intramolecular Hbond substituents is 1. The highest BCUT2D eigenvalue weighted by molar-refractivity contribution is 5.94. The maximum absolute atomic E-state index is 12.4. The molecule has 4 nitrogen and oxygen atoms in total. The predicted octanol–water partition coefficient (Wildman–Crippen LogP) is 3.44. The van der Waals surface area contributed by atoms with Crippen LogP contribution in [-0.2, 0) is 10.2 Å². The lowest BCUT2D eigenvalue weighted by Crippen LogP contribution is -2.40. The van der Waals surface area contributed by atoms with E-state index in [9.17, 15) is 9.90 Å². The molecule has 3 N–H and O–H groups in total. The van der Waals surface area contributed by atoms with E-state index < -0.39 is 0 Å². The van der Waals surface area contributed by atoms with Crippen LogP contribution >= 0.6 is 12.4 Å². The molecule has 22 heavy (non-hydrogen) atoms. The first-order valence-corrected chi connectivity index (χ1v) is 7.65. The number of benzene rings is 1. The number of halogens is 1. The fourth-order valence-electron chi connectivity index (χ4n) is 2.71. The summed E-state index contributed by atoms with van der Waals surface area (Å²) in [6.07, 6.45) is 1.68. The summed E-state index contributed by atoms with van der Waals surface area (Å²) in [6, 6.07) is 5.79. The Morgan fingerprint density at radius 2 is 2.05 bits per heavy atom. The summed E-state index contributed by atoms with van der Waals surface area (Å²) < 4.78 is 0. The van der Waals surface area contributed by atoms with Crippen molar-refractivity contribution >= 4 is 24.0 Å². The molecule has 1 aromatic rings. The maximum atomic E-state index is 12.4. The van der Waals surface area contributed by atoms with Crippen LogP contribution in [0.4, 0.5) is 5.69 Å². The van der Waals surface area contributed by atoms with Gasteiger partial charge in [-0.3, -0.25) is 4.79 Å². The number of carbonyl (C=O) groups is 1. The summed E-state index contributed by atoms with van der Waals surface area (Å²) in [6.45, 7) is 9.29. The van der Waals surface area contributed by atoms with E-state index in [2.05, 4.69) is 38.3 Å². The molecule has 5 heteroatoms. The number of aromatic hydroxyl groups is 1. The fraction of sp³-hybridized carbons (Fsp3) is 0.588. The minimum Gasteiger partial charge on any atom is -0.506 e. The highest BCUT2D eigenvalue weighted by Gasteiger charge is 2.25. The minimum atomic E-state index is -0.0174. The van der Waals surface area contributed by atoms with Crippen molar-refractivity contribution in [3.05, 3.63) is 23.8 Å². The van der Waals surface area contributed by atoms with Crippen LogP contribution in [0.2, 0.25) is 0 Å². The molecule has 0 bridgehead atoms. The second kappa shape index (κ2) is 7.34. The third-order valence-corrected chi connectivity index (χ3v) is 4.11. The zero-order chi connectivity index (χ0) is 15.6. The van der Waals surface area contributed by atoms with Crippen LogP contribution in [0.5, 0.6) is 5.75 Å². The van der Waals surface area contributed by atoms with E-state index in [-0.39, 0.29) is 35.4 Å². The minimum absolute atomic E-state index is 0. The smallest absolute Gasteiger partial charge is 0.227 e. The molecule has 1 saturated heterocycles. The predicted molar refractivity (Wildman–Crippen MR) is 92.9 cm³/mol. The van der Waals surface area contributed by atoms with E-state index in [1.54, 1.807) is 6.07 Å². The van der Waals surface area contributed by atoms with Crippen LogP contribution in [0.1, 0.15) is 46.1 Å². The molecule has 0 spiro atoms. The summed E-state index contributed by atoms with van der Waals surface area (Å²) in [4.78, 5) is 12.4. The van der Waals surface area contributed by atoms with Gasteiger partial charge in [-0.15, -0.1) is 12.4 Å². The lowest BCUT2D eigenvalue weighted by molar-refractivity contribution is -0.120. The first-order valence-electron chi connectivity index (χ1n) is 7.65. The lowest BCUT2D eigenvalue weighted by atomic mass is 9.86. The number of anilines is 1. The van der Waals surface area contributed by atoms with Crippen LogP contribution in [0.25, 0.3) is 0 Å². The van der Waals surface area contributed by atoms with Crippen LogP contribution in [0.3, 0.4) is 0 Å². The Morgan fingerprint density at radius 3 is 2.64 bits per heavy atom. The van der Waals surface area contributed by atoms with Gasteiger partial charge < -0.3 is 15.7 Å². The van der Waals surface area contributed by atoms with E-state index in [1.165, 1.54) is 0 Å². The van der Waals surface area contributed by atoms with Gasteiger partial charge in [0, 0.05) is 12.0 Å². The van der Waals surface area contributed by atoms with E-state index >= 15 is 0 Å². The number of hydrogen-bond acceptors (Lipinski definition) is 3. The maximum Gasteiger partial charge on any atom is 0.227 e. The molecular formula is C17H27ClN2O2. The Hall–Kier alpha value is -1.26. The molecule has 0 radical (unpaired) electrons. The standard InChI is InChI=1S/C17H26N2O2.ClH/c1-11-9-12(7-8-18-11)16(21)19-14-10-13(17(2,3)4)5-6-15(14)20;/h5-6,10-12,18,20H,7-9H2,1-4H3,(H,19,21);1H/t11-,12-;/m0./s1. The molecule has 0 unspecified atom stereocenters. The first-order chi connectivity index (χ1) is 9.77. The molecule has 1 aliphatic heterocycles. The van der Waals surface area contributed by atoms with Crippen molar-refractivity contribution in [2.75, 3.05) is 11.9 Å². The molecule has 0 aliphatic carbocycles. The van der Waals surface area contributed by atoms with Gasteiger partial charge in [-0.2, -0.15) is 0 Å². The molecule has 2 atom stereocenters. The summed E-state index contributed by atoms with van der Waals surface area (Å²) in [5.41, 5.74) is 1.59. The number of hydrogen-bond donors (Lipinski definition) is 3. The third-order valence-electron chi connectivity index (χ3n) is 4.11. The monoisotopic (exact) mass is 326 g/mol. The van der Waals surface area contributed by atoms with Gasteiger partial charge in [0.25, 0.3) is 0 Å². The van der Waals surface area contributed by atoms with Crippen molar-refractivity contribution in [1.82, 2.24) is 5.32 Å². The van der Waals surface area contributed by atoms with Crippen LogP contribution in [0.15, 0.2) is 18.2 Å². The first kappa shape index (κ1) is 18.8.